The van der Waals surface area contributed by atoms with Crippen LogP contribution in [0.5, 0.6) is 0 Å². The summed E-state index contributed by atoms with van der Waals surface area (Å²) in [4.78, 5) is 27.9. The van der Waals surface area contributed by atoms with Gasteiger partial charge in [0.2, 0.25) is 5.91 Å². The molecule has 0 N–H and O–H groups in total. The van der Waals surface area contributed by atoms with Crippen molar-refractivity contribution in [2.45, 2.75) is 45.1 Å². The number of pyridine rings is 1. The summed E-state index contributed by atoms with van der Waals surface area (Å²) >= 11 is 0. The smallest absolute Gasteiger partial charge is 0.273 e. The SMILES string of the molecule is CC(C)(C)c1ccc(C(CC(=O)[N]Cc2ccccc2[N+](=O)[O-])c2ccccn2)cc1. The lowest BCUT2D eigenvalue weighted by Crippen LogP contribution is -2.20. The second-order valence-corrected chi connectivity index (χ2v) is 8.48. The van der Waals surface area contributed by atoms with Gasteiger partial charge in [0.1, 0.15) is 0 Å². The Morgan fingerprint density at radius 1 is 1.03 bits per heavy atom. The highest BCUT2D eigenvalue weighted by Gasteiger charge is 2.22. The van der Waals surface area contributed by atoms with Crippen LogP contribution in [0.3, 0.4) is 0 Å². The first-order valence-electron chi connectivity index (χ1n) is 10.2. The zero-order valence-corrected chi connectivity index (χ0v) is 18.0. The standard InChI is InChI=1S/C25H26N3O3/c1-25(2,3)20-13-11-18(12-14-20)21(22-9-6-7-15-26-22)16-24(29)27-17-19-8-4-5-10-23(19)28(30)31/h4-15,21H,16-17H2,1-3H3. The van der Waals surface area contributed by atoms with Gasteiger partial charge in [-0.05, 0) is 28.7 Å². The normalized spacial score (nSPS) is 12.2. The second kappa shape index (κ2) is 9.51. The largest absolute Gasteiger partial charge is 0.274 e. The summed E-state index contributed by atoms with van der Waals surface area (Å²) in [6.45, 7) is 6.45. The van der Waals surface area contributed by atoms with Crippen molar-refractivity contribution in [3.05, 3.63) is 105 Å². The molecule has 1 unspecified atom stereocenters. The first-order valence-corrected chi connectivity index (χ1v) is 10.2. The van der Waals surface area contributed by atoms with Crippen molar-refractivity contribution in [2.24, 2.45) is 0 Å². The number of nitro groups is 1. The summed E-state index contributed by atoms with van der Waals surface area (Å²) in [5, 5.41) is 15.3. The maximum absolute atomic E-state index is 12.7. The van der Waals surface area contributed by atoms with Crippen molar-refractivity contribution in [1.29, 1.82) is 0 Å². The van der Waals surface area contributed by atoms with E-state index in [1.54, 1.807) is 24.4 Å². The molecule has 1 aromatic heterocycles. The molecule has 1 radical (unpaired) electrons. The molecule has 1 heterocycles. The van der Waals surface area contributed by atoms with Crippen LogP contribution in [-0.4, -0.2) is 15.8 Å². The van der Waals surface area contributed by atoms with Gasteiger partial charge in [-0.15, -0.1) is 0 Å². The molecule has 1 amide bonds. The average Bonchev–Trinajstić information content (AvgIpc) is 2.76. The minimum atomic E-state index is -0.456. The molecule has 0 aliphatic carbocycles. The third kappa shape index (κ3) is 5.75. The highest BCUT2D eigenvalue weighted by atomic mass is 16.6. The third-order valence-electron chi connectivity index (χ3n) is 5.22. The maximum Gasteiger partial charge on any atom is 0.274 e. The van der Waals surface area contributed by atoms with Crippen LogP contribution in [0, 0.1) is 10.1 Å². The van der Waals surface area contributed by atoms with E-state index in [4.69, 9.17) is 0 Å². The number of rotatable bonds is 7. The molecule has 2 aromatic carbocycles. The van der Waals surface area contributed by atoms with Crippen LogP contribution < -0.4 is 5.32 Å². The second-order valence-electron chi connectivity index (χ2n) is 8.48. The van der Waals surface area contributed by atoms with Gasteiger partial charge in [-0.25, -0.2) is 5.32 Å². The number of hydrogen-bond acceptors (Lipinski definition) is 4. The van der Waals surface area contributed by atoms with E-state index in [0.717, 1.165) is 11.3 Å². The van der Waals surface area contributed by atoms with Gasteiger partial charge in [-0.3, -0.25) is 19.9 Å². The third-order valence-corrected chi connectivity index (χ3v) is 5.22. The van der Waals surface area contributed by atoms with Gasteiger partial charge in [0, 0.05) is 30.3 Å². The molecule has 0 spiro atoms. The number of aromatic nitrogens is 1. The highest BCUT2D eigenvalue weighted by molar-refractivity contribution is 5.77. The van der Waals surface area contributed by atoms with E-state index >= 15 is 0 Å². The van der Waals surface area contributed by atoms with E-state index in [9.17, 15) is 14.9 Å². The van der Waals surface area contributed by atoms with Gasteiger partial charge < -0.3 is 0 Å². The first-order chi connectivity index (χ1) is 14.8. The Kier molecular flexibility index (Phi) is 6.80. The topological polar surface area (TPSA) is 87.2 Å². The molecular weight excluding hydrogens is 390 g/mol. The molecule has 0 saturated carbocycles. The van der Waals surface area contributed by atoms with Crippen LogP contribution in [0.15, 0.2) is 72.9 Å². The fraction of sp³-hybridized carbons (Fsp3) is 0.280. The molecule has 159 valence electrons. The Morgan fingerprint density at radius 2 is 1.71 bits per heavy atom. The van der Waals surface area contributed by atoms with Gasteiger partial charge in [-0.1, -0.05) is 69.3 Å². The van der Waals surface area contributed by atoms with Crippen LogP contribution in [0.4, 0.5) is 5.69 Å². The summed E-state index contributed by atoms with van der Waals surface area (Å²) in [5.41, 5.74) is 3.42. The number of carbonyl (C=O) groups is 1. The van der Waals surface area contributed by atoms with Gasteiger partial charge in [-0.2, -0.15) is 0 Å². The number of nitrogens with zero attached hydrogens (tertiary/aromatic N) is 3. The fourth-order valence-corrected chi connectivity index (χ4v) is 3.43. The number of para-hydroxylation sites is 1. The quantitative estimate of drug-likeness (QED) is 0.394. The number of amides is 1. The molecule has 0 fully saturated rings. The van der Waals surface area contributed by atoms with Crippen molar-refractivity contribution >= 4 is 11.6 Å². The first kappa shape index (κ1) is 22.2. The summed E-state index contributed by atoms with van der Waals surface area (Å²) in [5.74, 6) is -0.550. The zero-order chi connectivity index (χ0) is 22.4. The Labute approximate surface area is 182 Å². The van der Waals surface area contributed by atoms with E-state index in [2.05, 4.69) is 43.2 Å². The maximum atomic E-state index is 12.7. The lowest BCUT2D eigenvalue weighted by atomic mass is 9.84. The van der Waals surface area contributed by atoms with Crippen molar-refractivity contribution < 1.29 is 9.72 Å². The molecule has 1 atom stereocenters. The molecule has 0 bridgehead atoms. The Bertz CT molecular complexity index is 1040. The average molecular weight is 417 g/mol. The molecule has 3 aromatic rings. The van der Waals surface area contributed by atoms with Crippen molar-refractivity contribution in [3.63, 3.8) is 0 Å². The van der Waals surface area contributed by atoms with Gasteiger partial charge in [0.25, 0.3) is 5.69 Å². The van der Waals surface area contributed by atoms with Crippen LogP contribution in [0.1, 0.15) is 55.5 Å². The van der Waals surface area contributed by atoms with Crippen molar-refractivity contribution in [2.75, 3.05) is 0 Å². The molecule has 3 rings (SSSR count). The van der Waals surface area contributed by atoms with E-state index in [1.807, 2.05) is 30.3 Å². The lowest BCUT2D eigenvalue weighted by Gasteiger charge is -2.21. The summed E-state index contributed by atoms with van der Waals surface area (Å²) in [6.07, 6.45) is 1.85. The van der Waals surface area contributed by atoms with Crippen LogP contribution in [0.25, 0.3) is 0 Å². The summed E-state index contributed by atoms with van der Waals surface area (Å²) in [7, 11) is 0. The zero-order valence-electron chi connectivity index (χ0n) is 18.0. The molecule has 6 nitrogen and oxygen atoms in total. The number of benzene rings is 2. The molecule has 0 aliphatic rings. The summed E-state index contributed by atoms with van der Waals surface area (Å²) < 4.78 is 0. The van der Waals surface area contributed by atoms with Gasteiger partial charge in [0.15, 0.2) is 0 Å². The van der Waals surface area contributed by atoms with Crippen LogP contribution >= 0.6 is 0 Å². The Morgan fingerprint density at radius 3 is 2.32 bits per heavy atom. The Balaban J connectivity index is 1.78. The van der Waals surface area contributed by atoms with E-state index in [1.165, 1.54) is 11.6 Å². The molecule has 0 aliphatic heterocycles. The van der Waals surface area contributed by atoms with E-state index < -0.39 is 4.92 Å². The Hall–Kier alpha value is -3.54. The number of carbonyl (C=O) groups excluding carboxylic acids is 1. The van der Waals surface area contributed by atoms with Crippen molar-refractivity contribution in [1.82, 2.24) is 10.3 Å². The van der Waals surface area contributed by atoms with Crippen LogP contribution in [-0.2, 0) is 16.8 Å². The monoisotopic (exact) mass is 416 g/mol. The molecular formula is C25H26N3O3. The molecule has 0 saturated heterocycles. The predicted molar refractivity (Wildman–Crippen MR) is 120 cm³/mol. The van der Waals surface area contributed by atoms with E-state index in [0.29, 0.717) is 5.56 Å². The molecule has 6 heteroatoms. The van der Waals surface area contributed by atoms with Gasteiger partial charge in [0.05, 0.1) is 17.0 Å². The predicted octanol–water partition coefficient (Wildman–Crippen LogP) is 5.14. The molecule has 31 heavy (non-hydrogen) atoms. The van der Waals surface area contributed by atoms with Gasteiger partial charge >= 0.3 is 0 Å². The summed E-state index contributed by atoms with van der Waals surface area (Å²) in [6, 6.07) is 20.2. The minimum Gasteiger partial charge on any atom is -0.273 e. The van der Waals surface area contributed by atoms with Crippen molar-refractivity contribution in [3.8, 4) is 0 Å². The number of nitro benzene ring substituents is 1. The highest BCUT2D eigenvalue weighted by Crippen LogP contribution is 2.30. The lowest BCUT2D eigenvalue weighted by molar-refractivity contribution is -0.385. The van der Waals surface area contributed by atoms with Crippen LogP contribution in [0.2, 0.25) is 0 Å². The fourth-order valence-electron chi connectivity index (χ4n) is 3.43. The van der Waals surface area contributed by atoms with E-state index in [-0.39, 0.29) is 35.9 Å². The minimum absolute atomic E-state index is 0.0200. The number of hydrogen-bond donors (Lipinski definition) is 0.